The number of carbonyl (C=O) groups is 2. The number of halogens is 1. The second kappa shape index (κ2) is 8.45. The Hall–Kier alpha value is -1.20. The Morgan fingerprint density at radius 2 is 2.08 bits per heavy atom. The quantitative estimate of drug-likeness (QED) is 0.540. The summed E-state index contributed by atoms with van der Waals surface area (Å²) < 4.78 is 5.41. The molecular formula is C19H24ClNO3S. The highest BCUT2D eigenvalue weighted by molar-refractivity contribution is 7.99. The number of hydrogen-bond donors (Lipinski definition) is 0. The van der Waals surface area contributed by atoms with Gasteiger partial charge in [-0.25, -0.2) is 4.79 Å². The first kappa shape index (κ1) is 18.6. The number of amides is 1. The maximum atomic E-state index is 13.0. The first-order chi connectivity index (χ1) is 12.1. The molecule has 0 spiro atoms. The number of hydrogen-bond acceptors (Lipinski definition) is 4. The summed E-state index contributed by atoms with van der Waals surface area (Å²) in [6, 6.07) is 7.04. The van der Waals surface area contributed by atoms with E-state index in [1.807, 2.05) is 24.3 Å². The third-order valence-electron chi connectivity index (χ3n) is 4.89. The second-order valence-electron chi connectivity index (χ2n) is 6.62. The van der Waals surface area contributed by atoms with E-state index in [4.69, 9.17) is 16.3 Å². The lowest BCUT2D eigenvalue weighted by molar-refractivity contribution is -0.156. The van der Waals surface area contributed by atoms with Crippen LogP contribution in [0.25, 0.3) is 0 Å². The number of benzene rings is 1. The molecule has 1 heterocycles. The topological polar surface area (TPSA) is 46.6 Å². The number of unbranched alkanes of at least 4 members (excludes halogenated alkanes) is 1. The van der Waals surface area contributed by atoms with Crippen LogP contribution in [0.1, 0.15) is 50.0 Å². The van der Waals surface area contributed by atoms with Crippen LogP contribution < -0.4 is 0 Å². The summed E-state index contributed by atoms with van der Waals surface area (Å²) in [6.07, 6.45) is 4.72. The standard InChI is InChI=1S/C19H24ClNO3S/c1-2-3-11-24-19(23)16-12-25-18(14-9-4-5-10-15(14)20)21(16)17(22)13-7-6-8-13/h4-5,9-10,13,16,18H,2-3,6-8,11-12H2,1H3. The molecule has 3 rings (SSSR count). The minimum atomic E-state index is -0.517. The molecule has 1 amide bonds. The zero-order chi connectivity index (χ0) is 17.8. The second-order valence-corrected chi connectivity index (χ2v) is 8.14. The predicted octanol–water partition coefficient (Wildman–Crippen LogP) is 4.43. The molecule has 0 bridgehead atoms. The molecule has 2 unspecified atom stereocenters. The van der Waals surface area contributed by atoms with Gasteiger partial charge in [-0.05, 0) is 25.3 Å². The molecule has 25 heavy (non-hydrogen) atoms. The van der Waals surface area contributed by atoms with Crippen LogP contribution in [0.2, 0.25) is 5.02 Å². The minimum absolute atomic E-state index is 0.0367. The molecule has 2 aliphatic rings. The van der Waals surface area contributed by atoms with Crippen LogP contribution in [0.4, 0.5) is 0 Å². The number of ether oxygens (including phenoxy) is 1. The van der Waals surface area contributed by atoms with E-state index < -0.39 is 6.04 Å². The molecule has 0 N–H and O–H groups in total. The average Bonchev–Trinajstić information content (AvgIpc) is 2.98. The van der Waals surface area contributed by atoms with Gasteiger partial charge >= 0.3 is 5.97 Å². The van der Waals surface area contributed by atoms with Crippen molar-refractivity contribution in [2.75, 3.05) is 12.4 Å². The van der Waals surface area contributed by atoms with Crippen molar-refractivity contribution >= 4 is 35.2 Å². The molecule has 4 nitrogen and oxygen atoms in total. The number of thioether (sulfide) groups is 1. The summed E-state index contributed by atoms with van der Waals surface area (Å²) in [6.45, 7) is 2.47. The molecule has 1 aliphatic carbocycles. The van der Waals surface area contributed by atoms with Gasteiger partial charge in [-0.3, -0.25) is 4.79 Å². The Balaban J connectivity index is 1.82. The number of carbonyl (C=O) groups excluding carboxylic acids is 2. The van der Waals surface area contributed by atoms with Crippen molar-refractivity contribution in [1.29, 1.82) is 0 Å². The molecular weight excluding hydrogens is 358 g/mol. The fraction of sp³-hybridized carbons (Fsp3) is 0.579. The average molecular weight is 382 g/mol. The molecule has 1 aromatic rings. The van der Waals surface area contributed by atoms with Crippen LogP contribution in [-0.2, 0) is 14.3 Å². The largest absolute Gasteiger partial charge is 0.464 e. The van der Waals surface area contributed by atoms with Crippen molar-refractivity contribution in [3.05, 3.63) is 34.9 Å². The van der Waals surface area contributed by atoms with Crippen molar-refractivity contribution in [3.63, 3.8) is 0 Å². The molecule has 2 atom stereocenters. The van der Waals surface area contributed by atoms with E-state index in [-0.39, 0.29) is 23.2 Å². The Labute approximate surface area is 158 Å². The Bertz CT molecular complexity index is 635. The predicted molar refractivity (Wildman–Crippen MR) is 100 cm³/mol. The molecule has 0 radical (unpaired) electrons. The Kier molecular flexibility index (Phi) is 6.29. The van der Waals surface area contributed by atoms with Gasteiger partial charge in [0.25, 0.3) is 0 Å². The van der Waals surface area contributed by atoms with Crippen LogP contribution in [0.5, 0.6) is 0 Å². The zero-order valence-electron chi connectivity index (χ0n) is 14.4. The summed E-state index contributed by atoms with van der Waals surface area (Å²) in [4.78, 5) is 27.3. The van der Waals surface area contributed by atoms with Gasteiger partial charge in [-0.1, -0.05) is 49.6 Å². The SMILES string of the molecule is CCCCOC(=O)C1CSC(c2ccccc2Cl)N1C(=O)C1CCC1. The maximum absolute atomic E-state index is 13.0. The summed E-state index contributed by atoms with van der Waals surface area (Å²) in [5.74, 6) is 0.371. The van der Waals surface area contributed by atoms with Crippen LogP contribution in [0.15, 0.2) is 24.3 Å². The summed E-state index contributed by atoms with van der Waals surface area (Å²) in [5, 5.41) is 0.414. The summed E-state index contributed by atoms with van der Waals surface area (Å²) >= 11 is 7.96. The highest BCUT2D eigenvalue weighted by Crippen LogP contribution is 2.46. The molecule has 1 saturated heterocycles. The van der Waals surface area contributed by atoms with Crippen LogP contribution in [0.3, 0.4) is 0 Å². The van der Waals surface area contributed by atoms with Gasteiger partial charge in [0.05, 0.1) is 6.61 Å². The fourth-order valence-corrected chi connectivity index (χ4v) is 4.91. The zero-order valence-corrected chi connectivity index (χ0v) is 16.0. The molecule has 1 aromatic carbocycles. The van der Waals surface area contributed by atoms with Gasteiger partial charge in [-0.2, -0.15) is 0 Å². The van der Waals surface area contributed by atoms with E-state index in [0.29, 0.717) is 17.4 Å². The van der Waals surface area contributed by atoms with Crippen molar-refractivity contribution in [1.82, 2.24) is 4.90 Å². The number of esters is 1. The van der Waals surface area contributed by atoms with E-state index in [1.165, 1.54) is 0 Å². The molecule has 0 aromatic heterocycles. The third kappa shape index (κ3) is 3.98. The monoisotopic (exact) mass is 381 g/mol. The van der Waals surface area contributed by atoms with Gasteiger partial charge in [-0.15, -0.1) is 11.8 Å². The Morgan fingerprint density at radius 1 is 1.32 bits per heavy atom. The first-order valence-electron chi connectivity index (χ1n) is 8.98. The number of rotatable bonds is 6. The lowest BCUT2D eigenvalue weighted by Gasteiger charge is -2.35. The van der Waals surface area contributed by atoms with Gasteiger partial charge in [0, 0.05) is 22.3 Å². The molecule has 136 valence electrons. The van der Waals surface area contributed by atoms with Crippen molar-refractivity contribution < 1.29 is 14.3 Å². The van der Waals surface area contributed by atoms with Crippen molar-refractivity contribution in [2.45, 2.75) is 50.4 Å². The fourth-order valence-electron chi connectivity index (χ4n) is 3.15. The van der Waals surface area contributed by atoms with Gasteiger partial charge < -0.3 is 9.64 Å². The molecule has 6 heteroatoms. The van der Waals surface area contributed by atoms with E-state index in [9.17, 15) is 9.59 Å². The van der Waals surface area contributed by atoms with Gasteiger partial charge in [0.1, 0.15) is 11.4 Å². The minimum Gasteiger partial charge on any atom is -0.464 e. The normalized spacial score (nSPS) is 23.4. The lowest BCUT2D eigenvalue weighted by atomic mass is 9.84. The molecule has 2 fully saturated rings. The maximum Gasteiger partial charge on any atom is 0.329 e. The van der Waals surface area contributed by atoms with Crippen molar-refractivity contribution in [2.24, 2.45) is 5.92 Å². The van der Waals surface area contributed by atoms with Gasteiger partial charge in [0.2, 0.25) is 5.91 Å². The van der Waals surface area contributed by atoms with Gasteiger partial charge in [0.15, 0.2) is 0 Å². The molecule has 1 saturated carbocycles. The third-order valence-corrected chi connectivity index (χ3v) is 6.54. The lowest BCUT2D eigenvalue weighted by Crippen LogP contribution is -2.47. The molecule has 1 aliphatic heterocycles. The van der Waals surface area contributed by atoms with Crippen LogP contribution in [0, 0.1) is 5.92 Å². The van der Waals surface area contributed by atoms with Crippen LogP contribution >= 0.6 is 23.4 Å². The summed E-state index contributed by atoms with van der Waals surface area (Å²) in [7, 11) is 0. The highest BCUT2D eigenvalue weighted by atomic mass is 35.5. The Morgan fingerprint density at radius 3 is 2.72 bits per heavy atom. The van der Waals surface area contributed by atoms with Crippen molar-refractivity contribution in [3.8, 4) is 0 Å². The highest BCUT2D eigenvalue weighted by Gasteiger charge is 2.46. The van der Waals surface area contributed by atoms with E-state index >= 15 is 0 Å². The van der Waals surface area contributed by atoms with E-state index in [2.05, 4.69) is 6.92 Å². The van der Waals surface area contributed by atoms with E-state index in [1.54, 1.807) is 16.7 Å². The summed E-state index contributed by atoms with van der Waals surface area (Å²) in [5.41, 5.74) is 0.894. The van der Waals surface area contributed by atoms with E-state index in [0.717, 1.165) is 37.7 Å². The number of nitrogens with zero attached hydrogens (tertiary/aromatic N) is 1. The van der Waals surface area contributed by atoms with Crippen LogP contribution in [-0.4, -0.2) is 35.2 Å². The first-order valence-corrected chi connectivity index (χ1v) is 10.4. The smallest absolute Gasteiger partial charge is 0.329 e.